The van der Waals surface area contributed by atoms with E-state index in [1.54, 1.807) is 22.9 Å². The summed E-state index contributed by atoms with van der Waals surface area (Å²) in [7, 11) is 0. The number of rotatable bonds is 6. The number of hydrogen-bond acceptors (Lipinski definition) is 3. The molecule has 166 valence electrons. The summed E-state index contributed by atoms with van der Waals surface area (Å²) in [5.41, 5.74) is 2.81. The van der Waals surface area contributed by atoms with E-state index >= 15 is 0 Å². The number of halogens is 1. The molecule has 1 fully saturated rings. The van der Waals surface area contributed by atoms with Gasteiger partial charge in [0.1, 0.15) is 5.56 Å². The van der Waals surface area contributed by atoms with Gasteiger partial charge in [0.05, 0.1) is 6.54 Å². The lowest BCUT2D eigenvalue weighted by Crippen LogP contribution is -2.45. The fraction of sp³-hybridized carbons (Fsp3) is 0.308. The number of ether oxygens (including phenoxy) is 1. The minimum atomic E-state index is -0.360. The first-order valence-corrected chi connectivity index (χ1v) is 11.2. The number of carbonyl (C=O) groups is 1. The number of pyridine rings is 1. The lowest BCUT2D eigenvalue weighted by Gasteiger charge is -2.38. The van der Waals surface area contributed by atoms with Gasteiger partial charge in [-0.3, -0.25) is 9.59 Å². The van der Waals surface area contributed by atoms with Crippen LogP contribution in [0.3, 0.4) is 0 Å². The first-order chi connectivity index (χ1) is 15.5. The van der Waals surface area contributed by atoms with Crippen LogP contribution >= 0.6 is 11.6 Å². The minimum Gasteiger partial charge on any atom is -0.381 e. The molecule has 0 spiro atoms. The molecule has 1 aliphatic rings. The van der Waals surface area contributed by atoms with E-state index in [0.29, 0.717) is 31.3 Å². The molecule has 1 aliphatic heterocycles. The van der Waals surface area contributed by atoms with Gasteiger partial charge in [0.25, 0.3) is 11.5 Å². The fourth-order valence-electron chi connectivity index (χ4n) is 4.33. The molecule has 6 heteroatoms. The van der Waals surface area contributed by atoms with Crippen LogP contribution in [0.2, 0.25) is 5.02 Å². The largest absolute Gasteiger partial charge is 0.381 e. The van der Waals surface area contributed by atoms with Gasteiger partial charge in [-0.1, -0.05) is 53.6 Å². The number of aryl methyl sites for hydroxylation is 1. The van der Waals surface area contributed by atoms with Crippen molar-refractivity contribution in [1.82, 2.24) is 9.88 Å². The Morgan fingerprint density at radius 2 is 1.88 bits per heavy atom. The Morgan fingerprint density at radius 1 is 1.09 bits per heavy atom. The smallest absolute Gasteiger partial charge is 0.263 e. The molecule has 0 aliphatic carbocycles. The molecule has 5 nitrogen and oxygen atoms in total. The van der Waals surface area contributed by atoms with E-state index in [0.717, 1.165) is 29.5 Å². The maximum Gasteiger partial charge on any atom is 0.263 e. The average Bonchev–Trinajstić information content (AvgIpc) is 2.79. The highest BCUT2D eigenvalue weighted by atomic mass is 35.5. The number of carbonyl (C=O) groups excluding carboxylic acids is 1. The first kappa shape index (κ1) is 22.3. The Bertz CT molecular complexity index is 1170. The van der Waals surface area contributed by atoms with Crippen LogP contribution in [-0.4, -0.2) is 30.2 Å². The van der Waals surface area contributed by atoms with E-state index in [1.165, 1.54) is 0 Å². The van der Waals surface area contributed by atoms with Gasteiger partial charge in [0.15, 0.2) is 0 Å². The quantitative estimate of drug-likeness (QED) is 0.607. The molecular weight excluding hydrogens is 424 g/mol. The number of aromatic nitrogens is 1. The SMILES string of the molecule is Cc1cccc(Cn2cccc(C(=O)NCC3(c4cccc(Cl)c4)CCOCC3)c2=O)c1. The van der Waals surface area contributed by atoms with Gasteiger partial charge < -0.3 is 14.6 Å². The summed E-state index contributed by atoms with van der Waals surface area (Å²) in [6.07, 6.45) is 3.27. The molecule has 3 aromatic rings. The highest BCUT2D eigenvalue weighted by Gasteiger charge is 2.35. The van der Waals surface area contributed by atoms with E-state index in [9.17, 15) is 9.59 Å². The Kier molecular flexibility index (Phi) is 6.77. The molecule has 0 atom stereocenters. The van der Waals surface area contributed by atoms with Crippen LogP contribution in [0.4, 0.5) is 0 Å². The number of hydrogen-bond donors (Lipinski definition) is 1. The third-order valence-corrected chi connectivity index (χ3v) is 6.41. The second-order valence-corrected chi connectivity index (χ2v) is 8.87. The standard InChI is InChI=1S/C26H27ClN2O3/c1-19-5-2-6-20(15-19)17-29-12-4-9-23(25(29)31)24(30)28-18-26(10-13-32-14-11-26)21-7-3-8-22(27)16-21/h2-9,12,15-16H,10-11,13-14,17-18H2,1H3,(H,28,30). The predicted molar refractivity (Wildman–Crippen MR) is 126 cm³/mol. The lowest BCUT2D eigenvalue weighted by molar-refractivity contribution is 0.0487. The van der Waals surface area contributed by atoms with E-state index < -0.39 is 0 Å². The van der Waals surface area contributed by atoms with Crippen molar-refractivity contribution in [2.75, 3.05) is 19.8 Å². The van der Waals surface area contributed by atoms with Crippen LogP contribution in [0.25, 0.3) is 0 Å². The molecule has 2 heterocycles. The number of benzene rings is 2. The topological polar surface area (TPSA) is 60.3 Å². The Labute approximate surface area is 193 Å². The molecule has 0 unspecified atom stereocenters. The number of nitrogens with one attached hydrogen (secondary N) is 1. The molecule has 1 amide bonds. The summed E-state index contributed by atoms with van der Waals surface area (Å²) < 4.78 is 7.14. The number of nitrogens with zero attached hydrogens (tertiary/aromatic N) is 1. The van der Waals surface area contributed by atoms with Crippen molar-refractivity contribution >= 4 is 17.5 Å². The van der Waals surface area contributed by atoms with Gasteiger partial charge >= 0.3 is 0 Å². The second kappa shape index (κ2) is 9.72. The van der Waals surface area contributed by atoms with Gasteiger partial charge in [0, 0.05) is 36.4 Å². The normalized spacial score (nSPS) is 15.3. The third kappa shape index (κ3) is 4.95. The van der Waals surface area contributed by atoms with Crippen LogP contribution in [0.15, 0.2) is 71.7 Å². The van der Waals surface area contributed by atoms with Gasteiger partial charge in [0.2, 0.25) is 0 Å². The summed E-state index contributed by atoms with van der Waals surface area (Å²) in [5.74, 6) is -0.360. The zero-order valence-corrected chi connectivity index (χ0v) is 18.9. The van der Waals surface area contributed by atoms with Crippen molar-refractivity contribution in [3.63, 3.8) is 0 Å². The van der Waals surface area contributed by atoms with Crippen molar-refractivity contribution < 1.29 is 9.53 Å². The zero-order chi connectivity index (χ0) is 22.6. The van der Waals surface area contributed by atoms with Gasteiger partial charge in [-0.05, 0) is 55.2 Å². The van der Waals surface area contributed by atoms with Crippen LogP contribution in [0.5, 0.6) is 0 Å². The second-order valence-electron chi connectivity index (χ2n) is 8.43. The van der Waals surface area contributed by atoms with E-state index in [2.05, 4.69) is 5.32 Å². The van der Waals surface area contributed by atoms with E-state index in [4.69, 9.17) is 16.3 Å². The first-order valence-electron chi connectivity index (χ1n) is 10.8. The Morgan fingerprint density at radius 3 is 2.62 bits per heavy atom. The van der Waals surface area contributed by atoms with Crippen molar-refractivity contribution in [1.29, 1.82) is 0 Å². The Hall–Kier alpha value is -2.89. The predicted octanol–water partition coefficient (Wildman–Crippen LogP) is 4.34. The van der Waals surface area contributed by atoms with Crippen molar-refractivity contribution in [2.24, 2.45) is 0 Å². The summed E-state index contributed by atoms with van der Waals surface area (Å²) in [6.45, 7) is 4.10. The summed E-state index contributed by atoms with van der Waals surface area (Å²) in [6, 6.07) is 19.1. The fourth-order valence-corrected chi connectivity index (χ4v) is 4.52. The van der Waals surface area contributed by atoms with Crippen LogP contribution in [-0.2, 0) is 16.7 Å². The van der Waals surface area contributed by atoms with E-state index in [-0.39, 0.29) is 22.4 Å². The highest BCUT2D eigenvalue weighted by Crippen LogP contribution is 2.35. The number of amides is 1. The van der Waals surface area contributed by atoms with Crippen LogP contribution < -0.4 is 10.9 Å². The maximum atomic E-state index is 13.0. The van der Waals surface area contributed by atoms with Gasteiger partial charge in [-0.15, -0.1) is 0 Å². The van der Waals surface area contributed by atoms with Gasteiger partial charge in [-0.25, -0.2) is 0 Å². The molecule has 0 saturated carbocycles. The molecule has 32 heavy (non-hydrogen) atoms. The summed E-state index contributed by atoms with van der Waals surface area (Å²) in [5, 5.41) is 3.69. The molecule has 1 saturated heterocycles. The maximum absolute atomic E-state index is 13.0. The van der Waals surface area contributed by atoms with Crippen molar-refractivity contribution in [3.8, 4) is 0 Å². The Balaban J connectivity index is 1.54. The average molecular weight is 451 g/mol. The van der Waals surface area contributed by atoms with Crippen molar-refractivity contribution in [2.45, 2.75) is 31.7 Å². The molecule has 2 aromatic carbocycles. The van der Waals surface area contributed by atoms with E-state index in [1.807, 2.05) is 55.5 Å². The molecule has 1 N–H and O–H groups in total. The zero-order valence-electron chi connectivity index (χ0n) is 18.1. The minimum absolute atomic E-state index is 0.147. The summed E-state index contributed by atoms with van der Waals surface area (Å²) in [4.78, 5) is 26.0. The molecule has 4 rings (SSSR count). The molecule has 1 aromatic heterocycles. The molecule has 0 bridgehead atoms. The lowest BCUT2D eigenvalue weighted by atomic mass is 9.74. The summed E-state index contributed by atoms with van der Waals surface area (Å²) >= 11 is 6.24. The van der Waals surface area contributed by atoms with Gasteiger partial charge in [-0.2, -0.15) is 0 Å². The monoisotopic (exact) mass is 450 g/mol. The van der Waals surface area contributed by atoms with Crippen molar-refractivity contribution in [3.05, 3.63) is 104 Å². The molecular formula is C26H27ClN2O3. The van der Waals surface area contributed by atoms with Crippen LogP contribution in [0.1, 0.15) is 39.9 Å². The molecule has 0 radical (unpaired) electrons. The van der Waals surface area contributed by atoms with Crippen LogP contribution in [0, 0.1) is 6.92 Å². The third-order valence-electron chi connectivity index (χ3n) is 6.17. The highest BCUT2D eigenvalue weighted by molar-refractivity contribution is 6.30.